The summed E-state index contributed by atoms with van der Waals surface area (Å²) >= 11 is 0. The highest BCUT2D eigenvalue weighted by Gasteiger charge is 2.31. The fourth-order valence-corrected chi connectivity index (χ4v) is 2.15. The van der Waals surface area contributed by atoms with Crippen molar-refractivity contribution in [2.24, 2.45) is 11.8 Å². The maximum absolute atomic E-state index is 9.22. The zero-order chi connectivity index (χ0) is 9.10. The van der Waals surface area contributed by atoms with Gasteiger partial charge >= 0.3 is 0 Å². The molecule has 1 aliphatic heterocycles. The van der Waals surface area contributed by atoms with E-state index in [1.807, 2.05) is 0 Å². The number of hydrogen-bond donors (Lipinski definition) is 2. The quantitative estimate of drug-likeness (QED) is 0.641. The van der Waals surface area contributed by atoms with Gasteiger partial charge in [-0.1, -0.05) is 0 Å². The summed E-state index contributed by atoms with van der Waals surface area (Å²) in [6, 6.07) is 0. The predicted molar refractivity (Wildman–Crippen MR) is 52.6 cm³/mol. The summed E-state index contributed by atoms with van der Waals surface area (Å²) in [5.74, 6) is 1.39. The van der Waals surface area contributed by atoms with E-state index in [2.05, 4.69) is 10.2 Å². The van der Waals surface area contributed by atoms with Crippen LogP contribution in [0, 0.1) is 11.8 Å². The van der Waals surface area contributed by atoms with E-state index in [0.29, 0.717) is 12.5 Å². The number of rotatable bonds is 4. The van der Waals surface area contributed by atoms with E-state index < -0.39 is 0 Å². The van der Waals surface area contributed by atoms with E-state index in [4.69, 9.17) is 0 Å². The summed E-state index contributed by atoms with van der Waals surface area (Å²) in [5.41, 5.74) is 0. The lowest BCUT2D eigenvalue weighted by atomic mass is 10.0. The van der Waals surface area contributed by atoms with Crippen molar-refractivity contribution in [2.45, 2.75) is 12.8 Å². The highest BCUT2D eigenvalue weighted by molar-refractivity contribution is 4.83. The van der Waals surface area contributed by atoms with Gasteiger partial charge in [0.15, 0.2) is 0 Å². The molecule has 3 heteroatoms. The summed E-state index contributed by atoms with van der Waals surface area (Å²) in [6.07, 6.45) is 2.69. The first kappa shape index (κ1) is 9.44. The molecule has 0 radical (unpaired) electrons. The highest BCUT2D eigenvalue weighted by Crippen LogP contribution is 2.36. The van der Waals surface area contributed by atoms with Crippen LogP contribution in [0.4, 0.5) is 0 Å². The third-order valence-corrected chi connectivity index (χ3v) is 3.23. The molecule has 0 aromatic heterocycles. The summed E-state index contributed by atoms with van der Waals surface area (Å²) in [4.78, 5) is 2.48. The van der Waals surface area contributed by atoms with Gasteiger partial charge in [0, 0.05) is 39.3 Å². The van der Waals surface area contributed by atoms with Crippen LogP contribution in [0.3, 0.4) is 0 Å². The van der Waals surface area contributed by atoms with E-state index in [1.54, 1.807) is 0 Å². The predicted octanol–water partition coefficient (Wildman–Crippen LogP) is -0.0899. The molecule has 1 heterocycles. The molecule has 1 saturated heterocycles. The smallest absolute Gasteiger partial charge is 0.0474 e. The standard InChI is InChI=1S/C10H20N2O/c13-8-10(9-1-2-9)7-12-5-3-11-4-6-12/h9-11,13H,1-8H2. The first-order valence-corrected chi connectivity index (χ1v) is 5.44. The Morgan fingerprint density at radius 1 is 1.31 bits per heavy atom. The Bertz CT molecular complexity index is 153. The Morgan fingerprint density at radius 3 is 2.54 bits per heavy atom. The Morgan fingerprint density at radius 2 is 2.00 bits per heavy atom. The van der Waals surface area contributed by atoms with Crippen molar-refractivity contribution >= 4 is 0 Å². The summed E-state index contributed by atoms with van der Waals surface area (Å²) in [6.45, 7) is 6.04. The van der Waals surface area contributed by atoms with Gasteiger partial charge in [0.1, 0.15) is 0 Å². The lowest BCUT2D eigenvalue weighted by Gasteiger charge is -2.30. The van der Waals surface area contributed by atoms with E-state index >= 15 is 0 Å². The molecule has 2 rings (SSSR count). The van der Waals surface area contributed by atoms with Crippen LogP contribution in [-0.4, -0.2) is 49.3 Å². The van der Waals surface area contributed by atoms with Crippen molar-refractivity contribution in [1.82, 2.24) is 10.2 Å². The van der Waals surface area contributed by atoms with Crippen LogP contribution < -0.4 is 5.32 Å². The fourth-order valence-electron chi connectivity index (χ4n) is 2.15. The van der Waals surface area contributed by atoms with Gasteiger partial charge in [0.25, 0.3) is 0 Å². The molecule has 3 nitrogen and oxygen atoms in total. The highest BCUT2D eigenvalue weighted by atomic mass is 16.3. The maximum Gasteiger partial charge on any atom is 0.0474 e. The average Bonchev–Trinajstić information content (AvgIpc) is 2.99. The zero-order valence-electron chi connectivity index (χ0n) is 8.21. The number of nitrogens with one attached hydrogen (secondary N) is 1. The van der Waals surface area contributed by atoms with Crippen LogP contribution in [-0.2, 0) is 0 Å². The number of hydrogen-bond acceptors (Lipinski definition) is 3. The van der Waals surface area contributed by atoms with Gasteiger partial charge in [-0.2, -0.15) is 0 Å². The maximum atomic E-state index is 9.22. The van der Waals surface area contributed by atoms with Crippen LogP contribution in [0.1, 0.15) is 12.8 Å². The largest absolute Gasteiger partial charge is 0.396 e. The van der Waals surface area contributed by atoms with Gasteiger partial charge in [-0.05, 0) is 24.7 Å². The van der Waals surface area contributed by atoms with Crippen molar-refractivity contribution < 1.29 is 5.11 Å². The topological polar surface area (TPSA) is 35.5 Å². The van der Waals surface area contributed by atoms with Crippen LogP contribution in [0.15, 0.2) is 0 Å². The van der Waals surface area contributed by atoms with E-state index in [9.17, 15) is 5.11 Å². The van der Waals surface area contributed by atoms with Crippen LogP contribution in [0.5, 0.6) is 0 Å². The molecule has 0 bridgehead atoms. The molecule has 0 spiro atoms. The second-order valence-corrected chi connectivity index (χ2v) is 4.33. The third kappa shape index (κ3) is 2.66. The first-order valence-electron chi connectivity index (χ1n) is 5.44. The lowest BCUT2D eigenvalue weighted by molar-refractivity contribution is 0.139. The third-order valence-electron chi connectivity index (χ3n) is 3.23. The SMILES string of the molecule is OCC(CN1CCNCC1)C1CC1. The molecule has 1 atom stereocenters. The molecule has 0 amide bonds. The minimum absolute atomic E-state index is 0.384. The van der Waals surface area contributed by atoms with Crippen molar-refractivity contribution in [3.63, 3.8) is 0 Å². The van der Waals surface area contributed by atoms with E-state index in [1.165, 1.54) is 12.8 Å². The molecule has 2 aliphatic rings. The summed E-state index contributed by atoms with van der Waals surface area (Å²) < 4.78 is 0. The van der Waals surface area contributed by atoms with Crippen molar-refractivity contribution in [3.8, 4) is 0 Å². The minimum Gasteiger partial charge on any atom is -0.396 e. The average molecular weight is 184 g/mol. The van der Waals surface area contributed by atoms with Crippen LogP contribution >= 0.6 is 0 Å². The van der Waals surface area contributed by atoms with Gasteiger partial charge in [-0.3, -0.25) is 0 Å². The first-order chi connectivity index (χ1) is 6.40. The molecule has 76 valence electrons. The van der Waals surface area contributed by atoms with E-state index in [-0.39, 0.29) is 0 Å². The molecule has 1 saturated carbocycles. The van der Waals surface area contributed by atoms with Gasteiger partial charge < -0.3 is 15.3 Å². The number of piperazine rings is 1. The molecule has 2 N–H and O–H groups in total. The molecular weight excluding hydrogens is 164 g/mol. The zero-order valence-corrected chi connectivity index (χ0v) is 8.21. The number of nitrogens with zero attached hydrogens (tertiary/aromatic N) is 1. The minimum atomic E-state index is 0.384. The summed E-state index contributed by atoms with van der Waals surface area (Å²) in [5, 5.41) is 12.6. The van der Waals surface area contributed by atoms with Crippen molar-refractivity contribution in [1.29, 1.82) is 0 Å². The van der Waals surface area contributed by atoms with Crippen molar-refractivity contribution in [3.05, 3.63) is 0 Å². The van der Waals surface area contributed by atoms with Crippen LogP contribution in [0.25, 0.3) is 0 Å². The normalized spacial score (nSPS) is 27.5. The Kier molecular flexibility index (Phi) is 3.19. The molecule has 13 heavy (non-hydrogen) atoms. The number of aliphatic hydroxyl groups is 1. The van der Waals surface area contributed by atoms with Crippen LogP contribution in [0.2, 0.25) is 0 Å². The fraction of sp³-hybridized carbons (Fsp3) is 1.00. The monoisotopic (exact) mass is 184 g/mol. The number of aliphatic hydroxyl groups excluding tert-OH is 1. The second-order valence-electron chi connectivity index (χ2n) is 4.33. The van der Waals surface area contributed by atoms with Gasteiger partial charge in [0.05, 0.1) is 0 Å². The molecule has 0 aromatic rings. The van der Waals surface area contributed by atoms with Crippen molar-refractivity contribution in [2.75, 3.05) is 39.3 Å². The molecule has 1 unspecified atom stereocenters. The Labute approximate surface area is 80.1 Å². The molecule has 1 aliphatic carbocycles. The second kappa shape index (κ2) is 4.40. The lowest BCUT2D eigenvalue weighted by Crippen LogP contribution is -2.46. The molecule has 2 fully saturated rings. The van der Waals surface area contributed by atoms with Gasteiger partial charge in [-0.15, -0.1) is 0 Å². The van der Waals surface area contributed by atoms with Gasteiger partial charge in [0.2, 0.25) is 0 Å². The van der Waals surface area contributed by atoms with E-state index in [0.717, 1.165) is 38.6 Å². The Balaban J connectivity index is 1.73. The molecule has 0 aromatic carbocycles. The summed E-state index contributed by atoms with van der Waals surface area (Å²) in [7, 11) is 0. The van der Waals surface area contributed by atoms with Gasteiger partial charge in [-0.25, -0.2) is 0 Å². The molecular formula is C10H20N2O. The Hall–Kier alpha value is -0.120.